The van der Waals surface area contributed by atoms with Crippen molar-refractivity contribution in [1.29, 1.82) is 0 Å². The minimum atomic E-state index is -0.205. The van der Waals surface area contributed by atoms with Gasteiger partial charge in [0.05, 0.1) is 11.3 Å². The van der Waals surface area contributed by atoms with Gasteiger partial charge in [0.1, 0.15) is 14.5 Å². The number of nitrogens with two attached hydrogens (primary N) is 1. The second-order valence-electron chi connectivity index (χ2n) is 6.88. The van der Waals surface area contributed by atoms with Crippen LogP contribution >= 0.6 is 0 Å². The molecule has 1 atom stereocenters. The quantitative estimate of drug-likeness (QED) is 0.620. The molecule has 1 aliphatic heterocycles. The molecule has 4 N–H and O–H groups in total. The van der Waals surface area contributed by atoms with E-state index in [0.717, 1.165) is 47.1 Å². The number of hydrogen-bond acceptors (Lipinski definition) is 3. The van der Waals surface area contributed by atoms with Crippen LogP contribution in [0.25, 0.3) is 22.2 Å². The summed E-state index contributed by atoms with van der Waals surface area (Å²) in [6, 6.07) is 14.3. The number of carbonyl (C=O) groups excluding carboxylic acids is 1. The third-order valence-electron chi connectivity index (χ3n) is 5.16. The molecule has 3 aromatic rings. The van der Waals surface area contributed by atoms with E-state index in [-0.39, 0.29) is 5.91 Å². The summed E-state index contributed by atoms with van der Waals surface area (Å²) in [7, 11) is 2.24. The molecule has 1 aromatic heterocycles. The topological polar surface area (TPSA) is 80.1 Å². The molecule has 0 bridgehead atoms. The van der Waals surface area contributed by atoms with Crippen LogP contribution in [0.1, 0.15) is 40.1 Å². The summed E-state index contributed by atoms with van der Waals surface area (Å²) in [5, 5.41) is 0.942. The number of aromatic nitrogens is 1. The number of carbonyl (C=O) groups is 1. The van der Waals surface area contributed by atoms with E-state index in [1.54, 1.807) is 0 Å². The molecule has 2 aromatic carbocycles. The highest BCUT2D eigenvalue weighted by Gasteiger charge is 2.22. The first-order valence-corrected chi connectivity index (χ1v) is 9.05. The van der Waals surface area contributed by atoms with Gasteiger partial charge in [-0.25, -0.2) is 5.48 Å². The second-order valence-corrected chi connectivity index (χ2v) is 6.88. The molecule has 1 unspecified atom stereocenters. The van der Waals surface area contributed by atoms with Crippen molar-refractivity contribution in [1.82, 2.24) is 10.5 Å². The molecule has 26 heavy (non-hydrogen) atoms. The number of rotatable bonds is 5. The molecular weight excluding hydrogens is 325 g/mol. The Morgan fingerprint density at radius 2 is 2.00 bits per heavy atom. The number of amides is 1. The summed E-state index contributed by atoms with van der Waals surface area (Å²) < 4.78 is 0. The van der Waals surface area contributed by atoms with Crippen molar-refractivity contribution in [2.75, 3.05) is 6.54 Å². The first kappa shape index (κ1) is 16.9. The van der Waals surface area contributed by atoms with Crippen molar-refractivity contribution in [2.24, 2.45) is 5.73 Å². The van der Waals surface area contributed by atoms with E-state index in [4.69, 9.17) is 10.6 Å². The van der Waals surface area contributed by atoms with Crippen LogP contribution in [0.5, 0.6) is 0 Å². The Bertz CT molecular complexity index is 950. The van der Waals surface area contributed by atoms with E-state index >= 15 is 0 Å². The van der Waals surface area contributed by atoms with Gasteiger partial charge in [0.25, 0.3) is 5.91 Å². The van der Waals surface area contributed by atoms with Gasteiger partial charge in [-0.2, -0.15) is 0 Å². The molecule has 132 valence electrons. The van der Waals surface area contributed by atoms with E-state index in [9.17, 15) is 4.79 Å². The smallest absolute Gasteiger partial charge is 0.275 e. The van der Waals surface area contributed by atoms with E-state index in [2.05, 4.69) is 42.6 Å². The number of benzene rings is 2. The van der Waals surface area contributed by atoms with Gasteiger partial charge >= 0.3 is 0 Å². The minimum Gasteiger partial charge on any atom is -0.354 e. The van der Waals surface area contributed by atoms with Gasteiger partial charge < -0.3 is 10.7 Å². The van der Waals surface area contributed by atoms with E-state index in [1.165, 1.54) is 5.56 Å². The normalized spacial score (nSPS) is 14.9. The number of hydrogen-bond donors (Lipinski definition) is 3. The Hall–Kier alpha value is -2.57. The van der Waals surface area contributed by atoms with Gasteiger partial charge in [0.15, 0.2) is 0 Å². The summed E-state index contributed by atoms with van der Waals surface area (Å²) in [5.41, 5.74) is 14.1. The highest BCUT2D eigenvalue weighted by Crippen LogP contribution is 2.34. The van der Waals surface area contributed by atoms with Crippen LogP contribution in [0, 0.1) is 0 Å². The summed E-state index contributed by atoms with van der Waals surface area (Å²) in [4.78, 5) is 21.0. The Kier molecular flexibility index (Phi) is 4.53. The third-order valence-corrected chi connectivity index (χ3v) is 5.16. The Morgan fingerprint density at radius 3 is 2.77 bits per heavy atom. The molecule has 0 radical (unpaired) electrons. The van der Waals surface area contributed by atoms with Crippen molar-refractivity contribution in [3.8, 4) is 11.3 Å². The van der Waals surface area contributed by atoms with Crippen molar-refractivity contribution < 1.29 is 9.63 Å². The van der Waals surface area contributed by atoms with Crippen molar-refractivity contribution in [3.05, 3.63) is 59.2 Å². The van der Waals surface area contributed by atoms with Crippen LogP contribution in [0.4, 0.5) is 0 Å². The fourth-order valence-electron chi connectivity index (χ4n) is 3.69. The molecule has 0 fully saturated rings. The maximum Gasteiger partial charge on any atom is 0.275 e. The lowest BCUT2D eigenvalue weighted by molar-refractivity contribution is 0.0256. The zero-order valence-corrected chi connectivity index (χ0v) is 14.8. The fraction of sp³-hybridized carbons (Fsp3) is 0.250. The Labute approximate surface area is 153 Å². The van der Waals surface area contributed by atoms with Crippen LogP contribution in [0.2, 0.25) is 0 Å². The summed E-state index contributed by atoms with van der Waals surface area (Å²) >= 11 is 0. The molecule has 0 saturated carbocycles. The molecule has 1 aliphatic rings. The van der Waals surface area contributed by atoms with Crippen LogP contribution in [-0.2, 0) is 11.4 Å². The van der Waals surface area contributed by atoms with Crippen molar-refractivity contribution in [2.45, 2.75) is 25.3 Å². The standard InChI is InChI=1S/C20H22BN3O2/c21-16(4-2-10-22)12-6-8-13(9-7-12)19-15-11-26-24-20(25)14-3-1-5-17(23-19)18(14)15/h1,3,5-9,16,23H,2,4,10-11,21-22H2,(H,24,25). The van der Waals surface area contributed by atoms with Gasteiger partial charge in [-0.15, -0.1) is 0 Å². The maximum atomic E-state index is 12.2. The lowest BCUT2D eigenvalue weighted by Gasteiger charge is -2.12. The van der Waals surface area contributed by atoms with Gasteiger partial charge in [-0.05, 0) is 36.5 Å². The number of hydroxylamine groups is 1. The highest BCUT2D eigenvalue weighted by molar-refractivity contribution is 6.12. The Balaban J connectivity index is 1.74. The lowest BCUT2D eigenvalue weighted by atomic mass is 9.77. The molecular formula is C20H22BN3O2. The first-order valence-electron chi connectivity index (χ1n) is 9.05. The zero-order valence-electron chi connectivity index (χ0n) is 14.8. The Morgan fingerprint density at radius 1 is 1.19 bits per heavy atom. The lowest BCUT2D eigenvalue weighted by Crippen LogP contribution is -2.21. The number of aromatic amines is 1. The SMILES string of the molecule is BC(CCCN)c1ccc(-c2[nH]c3cccc4c3c2CONC4=O)cc1. The second kappa shape index (κ2) is 6.98. The summed E-state index contributed by atoms with van der Waals surface area (Å²) in [6.45, 7) is 1.07. The van der Waals surface area contributed by atoms with Crippen molar-refractivity contribution in [3.63, 3.8) is 0 Å². The van der Waals surface area contributed by atoms with E-state index < -0.39 is 0 Å². The third kappa shape index (κ3) is 2.91. The number of H-pyrrole nitrogens is 1. The minimum absolute atomic E-state index is 0.205. The van der Waals surface area contributed by atoms with Gasteiger partial charge in [-0.3, -0.25) is 9.63 Å². The van der Waals surface area contributed by atoms with Crippen LogP contribution < -0.4 is 11.2 Å². The average Bonchev–Trinajstić information content (AvgIpc) is 2.95. The molecule has 1 amide bonds. The molecule has 0 aliphatic carbocycles. The van der Waals surface area contributed by atoms with Crippen LogP contribution in [-0.4, -0.2) is 25.3 Å². The summed E-state index contributed by atoms with van der Waals surface area (Å²) in [5.74, 6) is 0.289. The molecule has 0 saturated heterocycles. The first-order chi connectivity index (χ1) is 12.7. The predicted octanol–water partition coefficient (Wildman–Crippen LogP) is 2.42. The van der Waals surface area contributed by atoms with Crippen LogP contribution in [0.15, 0.2) is 42.5 Å². The average molecular weight is 347 g/mol. The van der Waals surface area contributed by atoms with Gasteiger partial charge in [0.2, 0.25) is 0 Å². The molecule has 4 rings (SSSR count). The zero-order chi connectivity index (χ0) is 18.1. The molecule has 2 heterocycles. The molecule has 0 spiro atoms. The number of nitrogens with one attached hydrogen (secondary N) is 2. The van der Waals surface area contributed by atoms with E-state index in [0.29, 0.717) is 18.0 Å². The predicted molar refractivity (Wildman–Crippen MR) is 106 cm³/mol. The van der Waals surface area contributed by atoms with Crippen LogP contribution in [0.3, 0.4) is 0 Å². The largest absolute Gasteiger partial charge is 0.354 e. The van der Waals surface area contributed by atoms with Gasteiger partial charge in [0, 0.05) is 16.5 Å². The molecule has 5 nitrogen and oxygen atoms in total. The monoisotopic (exact) mass is 347 g/mol. The highest BCUT2D eigenvalue weighted by atomic mass is 16.6. The van der Waals surface area contributed by atoms with Crippen molar-refractivity contribution >= 4 is 24.7 Å². The maximum absolute atomic E-state index is 12.2. The van der Waals surface area contributed by atoms with E-state index in [1.807, 2.05) is 18.2 Å². The fourth-order valence-corrected chi connectivity index (χ4v) is 3.69. The summed E-state index contributed by atoms with van der Waals surface area (Å²) in [6.07, 6.45) is 2.13. The molecule has 6 heteroatoms. The van der Waals surface area contributed by atoms with Gasteiger partial charge in [-0.1, -0.05) is 42.3 Å².